The standard InChI is InChI=1S/C19H29N3O3/c1-15-5-7-17(8-6-15)21-9-3-4-16(12-21)20-19(23)22-10-11-25-18(13-22)14-24-2/h5-8,16,18H,3-4,9-14H2,1-2H3,(H,20,23)/t16-,18-/m1/s1. The van der Waals surface area contributed by atoms with Gasteiger partial charge >= 0.3 is 6.03 Å². The molecule has 2 saturated heterocycles. The van der Waals surface area contributed by atoms with Crippen molar-refractivity contribution in [3.8, 4) is 0 Å². The summed E-state index contributed by atoms with van der Waals surface area (Å²) in [6, 6.07) is 8.81. The Bertz CT molecular complexity index is 562. The topological polar surface area (TPSA) is 54.0 Å². The minimum atomic E-state index is -0.0279. The predicted molar refractivity (Wildman–Crippen MR) is 98.1 cm³/mol. The molecule has 0 unspecified atom stereocenters. The fraction of sp³-hybridized carbons (Fsp3) is 0.632. The van der Waals surface area contributed by atoms with Gasteiger partial charge in [0.25, 0.3) is 0 Å². The molecular formula is C19H29N3O3. The van der Waals surface area contributed by atoms with E-state index in [1.807, 2.05) is 4.90 Å². The molecule has 1 N–H and O–H groups in total. The van der Waals surface area contributed by atoms with Gasteiger partial charge in [-0.25, -0.2) is 4.79 Å². The molecule has 0 spiro atoms. The lowest BCUT2D eigenvalue weighted by atomic mass is 10.0. The third kappa shape index (κ3) is 4.86. The lowest BCUT2D eigenvalue weighted by Gasteiger charge is -2.37. The van der Waals surface area contributed by atoms with E-state index in [1.54, 1.807) is 7.11 Å². The summed E-state index contributed by atoms with van der Waals surface area (Å²) in [6.45, 7) is 6.33. The van der Waals surface area contributed by atoms with Crippen LogP contribution >= 0.6 is 0 Å². The maximum atomic E-state index is 12.6. The van der Waals surface area contributed by atoms with Crippen molar-refractivity contribution in [3.63, 3.8) is 0 Å². The van der Waals surface area contributed by atoms with Crippen LogP contribution in [0.5, 0.6) is 0 Å². The van der Waals surface area contributed by atoms with Gasteiger partial charge in [-0.1, -0.05) is 17.7 Å². The molecule has 0 bridgehead atoms. The normalized spacial score (nSPS) is 24.2. The van der Waals surface area contributed by atoms with E-state index in [4.69, 9.17) is 9.47 Å². The lowest BCUT2D eigenvalue weighted by molar-refractivity contribution is -0.0496. The van der Waals surface area contributed by atoms with Crippen molar-refractivity contribution in [1.82, 2.24) is 10.2 Å². The van der Waals surface area contributed by atoms with E-state index in [0.29, 0.717) is 26.3 Å². The third-order valence-electron chi connectivity index (χ3n) is 4.93. The molecule has 6 heteroatoms. The van der Waals surface area contributed by atoms with Crippen LogP contribution in [0.25, 0.3) is 0 Å². The number of benzene rings is 1. The minimum Gasteiger partial charge on any atom is -0.382 e. The number of nitrogens with zero attached hydrogens (tertiary/aromatic N) is 2. The first-order valence-corrected chi connectivity index (χ1v) is 9.13. The van der Waals surface area contributed by atoms with Crippen molar-refractivity contribution in [3.05, 3.63) is 29.8 Å². The van der Waals surface area contributed by atoms with Crippen LogP contribution in [0.2, 0.25) is 0 Å². The number of rotatable bonds is 4. The molecular weight excluding hydrogens is 318 g/mol. The highest BCUT2D eigenvalue weighted by Gasteiger charge is 2.27. The molecule has 2 atom stereocenters. The Kier molecular flexibility index (Phi) is 6.15. The molecule has 0 aliphatic carbocycles. The number of ether oxygens (including phenoxy) is 2. The molecule has 2 aliphatic heterocycles. The van der Waals surface area contributed by atoms with E-state index in [1.165, 1.54) is 11.3 Å². The molecule has 2 aliphatic rings. The van der Waals surface area contributed by atoms with E-state index in [2.05, 4.69) is 41.4 Å². The summed E-state index contributed by atoms with van der Waals surface area (Å²) in [5.74, 6) is 0. The molecule has 25 heavy (non-hydrogen) atoms. The number of hydrogen-bond donors (Lipinski definition) is 1. The van der Waals surface area contributed by atoms with Crippen molar-refractivity contribution in [2.45, 2.75) is 31.9 Å². The number of anilines is 1. The van der Waals surface area contributed by atoms with Gasteiger partial charge in [0.2, 0.25) is 0 Å². The molecule has 2 fully saturated rings. The zero-order chi connectivity index (χ0) is 17.6. The van der Waals surface area contributed by atoms with Crippen molar-refractivity contribution >= 4 is 11.7 Å². The Morgan fingerprint density at radius 1 is 1.28 bits per heavy atom. The average molecular weight is 347 g/mol. The molecule has 3 rings (SSSR count). The van der Waals surface area contributed by atoms with Crippen molar-refractivity contribution < 1.29 is 14.3 Å². The summed E-state index contributed by atoms with van der Waals surface area (Å²) in [5, 5.41) is 3.21. The average Bonchev–Trinajstić information content (AvgIpc) is 2.63. The smallest absolute Gasteiger partial charge is 0.317 e. The first-order chi connectivity index (χ1) is 12.2. The second-order valence-corrected chi connectivity index (χ2v) is 6.96. The maximum absolute atomic E-state index is 12.6. The van der Waals surface area contributed by atoms with Crippen molar-refractivity contribution in [2.75, 3.05) is 51.4 Å². The molecule has 1 aromatic carbocycles. The van der Waals surface area contributed by atoms with E-state index in [9.17, 15) is 4.79 Å². The highest BCUT2D eigenvalue weighted by Crippen LogP contribution is 2.20. The van der Waals surface area contributed by atoms with Gasteiger partial charge in [0, 0.05) is 38.5 Å². The monoisotopic (exact) mass is 347 g/mol. The molecule has 6 nitrogen and oxygen atoms in total. The van der Waals surface area contributed by atoms with E-state index in [0.717, 1.165) is 25.9 Å². The van der Waals surface area contributed by atoms with Crippen LogP contribution < -0.4 is 10.2 Å². The fourth-order valence-corrected chi connectivity index (χ4v) is 3.54. The van der Waals surface area contributed by atoms with Gasteiger partial charge in [-0.05, 0) is 31.9 Å². The number of urea groups is 1. The van der Waals surface area contributed by atoms with Crippen LogP contribution in [0.4, 0.5) is 10.5 Å². The molecule has 0 aromatic heterocycles. The number of methoxy groups -OCH3 is 1. The van der Waals surface area contributed by atoms with Crippen molar-refractivity contribution in [2.24, 2.45) is 0 Å². The van der Waals surface area contributed by atoms with E-state index >= 15 is 0 Å². The van der Waals surface area contributed by atoms with Gasteiger partial charge in [0.1, 0.15) is 0 Å². The summed E-state index contributed by atoms with van der Waals surface area (Å²) in [6.07, 6.45) is 2.09. The van der Waals surface area contributed by atoms with Crippen molar-refractivity contribution in [1.29, 1.82) is 0 Å². The molecule has 1 aromatic rings. The van der Waals surface area contributed by atoms with Crippen LogP contribution in [0.1, 0.15) is 18.4 Å². The predicted octanol–water partition coefficient (Wildman–Crippen LogP) is 2.02. The largest absolute Gasteiger partial charge is 0.382 e. The molecule has 2 amide bonds. The molecule has 2 heterocycles. The second kappa shape index (κ2) is 8.54. The van der Waals surface area contributed by atoms with E-state index in [-0.39, 0.29) is 18.2 Å². The molecule has 0 saturated carbocycles. The highest BCUT2D eigenvalue weighted by molar-refractivity contribution is 5.74. The van der Waals surface area contributed by atoms with Gasteiger partial charge in [-0.15, -0.1) is 0 Å². The maximum Gasteiger partial charge on any atom is 0.317 e. The summed E-state index contributed by atoms with van der Waals surface area (Å²) >= 11 is 0. The van der Waals surface area contributed by atoms with Gasteiger partial charge in [0.15, 0.2) is 0 Å². The summed E-state index contributed by atoms with van der Waals surface area (Å²) < 4.78 is 10.8. The lowest BCUT2D eigenvalue weighted by Crippen LogP contribution is -2.55. The van der Waals surface area contributed by atoms with Crippen LogP contribution in [0.15, 0.2) is 24.3 Å². The Hall–Kier alpha value is -1.79. The second-order valence-electron chi connectivity index (χ2n) is 6.96. The van der Waals surface area contributed by atoms with Gasteiger partial charge in [0.05, 0.1) is 25.9 Å². The Morgan fingerprint density at radius 3 is 2.84 bits per heavy atom. The van der Waals surface area contributed by atoms with Gasteiger partial charge < -0.3 is 24.6 Å². The zero-order valence-electron chi connectivity index (χ0n) is 15.2. The number of hydrogen-bond acceptors (Lipinski definition) is 4. The summed E-state index contributed by atoms with van der Waals surface area (Å²) in [5.41, 5.74) is 2.50. The van der Waals surface area contributed by atoms with Crippen LogP contribution in [-0.4, -0.2) is 69.6 Å². The van der Waals surface area contributed by atoms with Gasteiger partial charge in [-0.2, -0.15) is 0 Å². The first-order valence-electron chi connectivity index (χ1n) is 9.13. The quantitative estimate of drug-likeness (QED) is 0.905. The molecule has 138 valence electrons. The Labute approximate surface area is 150 Å². The summed E-state index contributed by atoms with van der Waals surface area (Å²) in [7, 11) is 1.66. The fourth-order valence-electron chi connectivity index (χ4n) is 3.54. The van der Waals surface area contributed by atoms with Crippen LogP contribution in [0, 0.1) is 6.92 Å². The van der Waals surface area contributed by atoms with E-state index < -0.39 is 0 Å². The van der Waals surface area contributed by atoms with Gasteiger partial charge in [-0.3, -0.25) is 0 Å². The summed E-state index contributed by atoms with van der Waals surface area (Å²) in [4.78, 5) is 16.8. The number of nitrogens with one attached hydrogen (secondary N) is 1. The molecule has 0 radical (unpaired) electrons. The SMILES string of the molecule is COC[C@H]1CN(C(=O)N[C@@H]2CCCN(c3ccc(C)cc3)C2)CCO1. The number of aryl methyl sites for hydroxylation is 1. The first kappa shape index (κ1) is 18.0. The Balaban J connectivity index is 1.53. The van der Waals surface area contributed by atoms with Crippen LogP contribution in [-0.2, 0) is 9.47 Å². The number of carbonyl (C=O) groups is 1. The highest BCUT2D eigenvalue weighted by atomic mass is 16.5. The number of amides is 2. The number of morpholine rings is 1. The minimum absolute atomic E-state index is 0.0140. The Morgan fingerprint density at radius 2 is 2.08 bits per heavy atom. The zero-order valence-corrected chi connectivity index (χ0v) is 15.2. The number of piperidine rings is 1. The van der Waals surface area contributed by atoms with Crippen LogP contribution in [0.3, 0.4) is 0 Å². The third-order valence-corrected chi connectivity index (χ3v) is 4.93. The number of carbonyl (C=O) groups excluding carboxylic acids is 1.